The zero-order valence-electron chi connectivity index (χ0n) is 11.9. The maximum absolute atomic E-state index is 11.8. The minimum atomic E-state index is -0.411. The van der Waals surface area contributed by atoms with E-state index >= 15 is 0 Å². The highest BCUT2D eigenvalue weighted by Gasteiger charge is 2.34. The Morgan fingerprint density at radius 1 is 1.17 bits per heavy atom. The topological polar surface area (TPSA) is 41.6 Å². The van der Waals surface area contributed by atoms with Crippen LogP contribution in [0.25, 0.3) is 0 Å². The molecule has 1 amide bonds. The molecule has 0 radical (unpaired) electrons. The molecule has 1 saturated carbocycles. The van der Waals surface area contributed by atoms with Crippen molar-refractivity contribution < 1.29 is 9.53 Å². The van der Waals surface area contributed by atoms with Gasteiger partial charge in [0.05, 0.1) is 0 Å². The predicted octanol–water partition coefficient (Wildman–Crippen LogP) is 2.53. The van der Waals surface area contributed by atoms with E-state index < -0.39 is 5.60 Å². The Kier molecular flexibility index (Phi) is 4.15. The number of carbonyl (C=O) groups excluding carboxylic acids is 1. The van der Waals surface area contributed by atoms with E-state index in [1.165, 1.54) is 38.8 Å². The minimum absolute atomic E-state index is 0.265. The van der Waals surface area contributed by atoms with Crippen LogP contribution in [0.5, 0.6) is 0 Å². The van der Waals surface area contributed by atoms with E-state index in [9.17, 15) is 4.79 Å². The predicted molar refractivity (Wildman–Crippen MR) is 71.6 cm³/mol. The SMILES string of the molecule is CC(C)(C)OC(=O)N[C@@H]1CCC[C@@H]1N1CCCC1. The van der Waals surface area contributed by atoms with Crippen LogP contribution in [0.15, 0.2) is 0 Å². The summed E-state index contributed by atoms with van der Waals surface area (Å²) in [5.74, 6) is 0. The van der Waals surface area contributed by atoms with Crippen LogP contribution in [0.4, 0.5) is 4.79 Å². The maximum atomic E-state index is 11.8. The molecule has 4 heteroatoms. The van der Waals surface area contributed by atoms with E-state index in [1.807, 2.05) is 20.8 Å². The lowest BCUT2D eigenvalue weighted by molar-refractivity contribution is 0.0479. The largest absolute Gasteiger partial charge is 0.444 e. The Bertz CT molecular complexity index is 293. The zero-order valence-corrected chi connectivity index (χ0v) is 11.9. The molecular formula is C14H26N2O2. The quantitative estimate of drug-likeness (QED) is 0.823. The highest BCUT2D eigenvalue weighted by Crippen LogP contribution is 2.27. The first-order valence-corrected chi connectivity index (χ1v) is 7.19. The third-order valence-electron chi connectivity index (χ3n) is 3.79. The van der Waals surface area contributed by atoms with Crippen molar-refractivity contribution in [1.29, 1.82) is 0 Å². The molecule has 2 fully saturated rings. The summed E-state index contributed by atoms with van der Waals surface area (Å²) in [6.45, 7) is 8.09. The molecular weight excluding hydrogens is 228 g/mol. The lowest BCUT2D eigenvalue weighted by Crippen LogP contribution is -2.48. The summed E-state index contributed by atoms with van der Waals surface area (Å²) in [7, 11) is 0. The Hall–Kier alpha value is -0.770. The van der Waals surface area contributed by atoms with Crippen molar-refractivity contribution in [2.24, 2.45) is 0 Å². The number of likely N-dealkylation sites (tertiary alicyclic amines) is 1. The second-order valence-electron chi connectivity index (χ2n) is 6.49. The number of amides is 1. The number of nitrogens with one attached hydrogen (secondary N) is 1. The van der Waals surface area contributed by atoms with Gasteiger partial charge in [-0.25, -0.2) is 4.79 Å². The summed E-state index contributed by atoms with van der Waals surface area (Å²) < 4.78 is 5.34. The van der Waals surface area contributed by atoms with Gasteiger partial charge in [-0.15, -0.1) is 0 Å². The van der Waals surface area contributed by atoms with Gasteiger partial charge in [-0.2, -0.15) is 0 Å². The molecule has 0 aromatic heterocycles. The molecule has 2 rings (SSSR count). The number of nitrogens with zero attached hydrogens (tertiary/aromatic N) is 1. The van der Waals surface area contributed by atoms with Crippen LogP contribution in [0.2, 0.25) is 0 Å². The fourth-order valence-corrected chi connectivity index (χ4v) is 3.08. The number of ether oxygens (including phenoxy) is 1. The van der Waals surface area contributed by atoms with Crippen molar-refractivity contribution in [3.8, 4) is 0 Å². The fraction of sp³-hybridized carbons (Fsp3) is 0.929. The van der Waals surface area contributed by atoms with Gasteiger partial charge in [0.1, 0.15) is 5.60 Å². The van der Waals surface area contributed by atoms with Crippen LogP contribution in [0.3, 0.4) is 0 Å². The molecule has 2 atom stereocenters. The van der Waals surface area contributed by atoms with Crippen LogP contribution in [0.1, 0.15) is 52.9 Å². The van der Waals surface area contributed by atoms with E-state index in [4.69, 9.17) is 4.74 Å². The Morgan fingerprint density at radius 3 is 2.44 bits per heavy atom. The van der Waals surface area contributed by atoms with Crippen molar-refractivity contribution >= 4 is 6.09 Å². The molecule has 104 valence electrons. The van der Waals surface area contributed by atoms with Crippen molar-refractivity contribution in [2.75, 3.05) is 13.1 Å². The molecule has 0 unspecified atom stereocenters. The summed E-state index contributed by atoms with van der Waals surface area (Å²) in [5.41, 5.74) is -0.411. The van der Waals surface area contributed by atoms with Crippen LogP contribution in [-0.2, 0) is 4.74 Å². The molecule has 0 bridgehead atoms. The maximum Gasteiger partial charge on any atom is 0.407 e. The summed E-state index contributed by atoms with van der Waals surface area (Å²) in [6, 6.07) is 0.804. The average molecular weight is 254 g/mol. The van der Waals surface area contributed by atoms with Crippen LogP contribution >= 0.6 is 0 Å². The standard InChI is InChI=1S/C14H26N2O2/c1-14(2,3)18-13(17)15-11-7-6-8-12(11)16-9-4-5-10-16/h11-12H,4-10H2,1-3H3,(H,15,17)/t11-,12+/m1/s1. The Balaban J connectivity index is 1.85. The number of carbonyl (C=O) groups is 1. The number of hydrogen-bond donors (Lipinski definition) is 1. The van der Waals surface area contributed by atoms with E-state index in [0.29, 0.717) is 6.04 Å². The van der Waals surface area contributed by atoms with Gasteiger partial charge in [0.2, 0.25) is 0 Å². The number of alkyl carbamates (subject to hydrolysis) is 1. The highest BCUT2D eigenvalue weighted by atomic mass is 16.6. The highest BCUT2D eigenvalue weighted by molar-refractivity contribution is 5.68. The first kappa shape index (κ1) is 13.7. The Labute approximate surface area is 110 Å². The van der Waals surface area contributed by atoms with E-state index in [2.05, 4.69) is 10.2 Å². The molecule has 4 nitrogen and oxygen atoms in total. The molecule has 1 aliphatic carbocycles. The van der Waals surface area contributed by atoms with Gasteiger partial charge in [0.15, 0.2) is 0 Å². The normalized spacial score (nSPS) is 29.5. The summed E-state index contributed by atoms with van der Waals surface area (Å²) in [4.78, 5) is 14.4. The third kappa shape index (κ3) is 3.61. The van der Waals surface area contributed by atoms with Gasteiger partial charge in [-0.3, -0.25) is 4.90 Å². The van der Waals surface area contributed by atoms with Crippen molar-refractivity contribution in [3.63, 3.8) is 0 Å². The van der Waals surface area contributed by atoms with Gasteiger partial charge in [0.25, 0.3) is 0 Å². The molecule has 18 heavy (non-hydrogen) atoms. The van der Waals surface area contributed by atoms with Gasteiger partial charge in [-0.1, -0.05) is 0 Å². The molecule has 2 aliphatic rings. The van der Waals surface area contributed by atoms with Crippen LogP contribution in [-0.4, -0.2) is 41.8 Å². The van der Waals surface area contributed by atoms with Gasteiger partial charge in [0, 0.05) is 12.1 Å². The smallest absolute Gasteiger partial charge is 0.407 e. The number of rotatable bonds is 2. The van der Waals surface area contributed by atoms with Gasteiger partial charge >= 0.3 is 6.09 Å². The molecule has 0 aromatic carbocycles. The second kappa shape index (κ2) is 5.47. The monoisotopic (exact) mass is 254 g/mol. The lowest BCUT2D eigenvalue weighted by Gasteiger charge is -2.30. The first-order chi connectivity index (χ1) is 8.46. The zero-order chi connectivity index (χ0) is 13.2. The molecule has 1 N–H and O–H groups in total. The second-order valence-corrected chi connectivity index (χ2v) is 6.49. The van der Waals surface area contributed by atoms with E-state index in [-0.39, 0.29) is 12.1 Å². The summed E-state index contributed by atoms with van der Waals surface area (Å²) >= 11 is 0. The first-order valence-electron chi connectivity index (χ1n) is 7.19. The van der Waals surface area contributed by atoms with Crippen molar-refractivity contribution in [2.45, 2.75) is 70.6 Å². The fourth-order valence-electron chi connectivity index (χ4n) is 3.08. The molecule has 1 heterocycles. The molecule has 0 spiro atoms. The molecule has 1 saturated heterocycles. The Morgan fingerprint density at radius 2 is 1.83 bits per heavy atom. The minimum Gasteiger partial charge on any atom is -0.444 e. The van der Waals surface area contributed by atoms with Gasteiger partial charge in [-0.05, 0) is 66.0 Å². The van der Waals surface area contributed by atoms with E-state index in [0.717, 1.165) is 6.42 Å². The molecule has 1 aliphatic heterocycles. The van der Waals surface area contributed by atoms with Crippen LogP contribution < -0.4 is 5.32 Å². The molecule has 0 aromatic rings. The van der Waals surface area contributed by atoms with Gasteiger partial charge < -0.3 is 10.1 Å². The van der Waals surface area contributed by atoms with E-state index in [1.54, 1.807) is 0 Å². The number of hydrogen-bond acceptors (Lipinski definition) is 3. The summed E-state index contributed by atoms with van der Waals surface area (Å²) in [5, 5.41) is 3.06. The third-order valence-corrected chi connectivity index (χ3v) is 3.79. The summed E-state index contributed by atoms with van der Waals surface area (Å²) in [6.07, 6.45) is 5.84. The van der Waals surface area contributed by atoms with Crippen LogP contribution in [0, 0.1) is 0 Å². The van der Waals surface area contributed by atoms with Crippen molar-refractivity contribution in [3.05, 3.63) is 0 Å². The average Bonchev–Trinajstić information content (AvgIpc) is 2.82. The van der Waals surface area contributed by atoms with Crippen molar-refractivity contribution in [1.82, 2.24) is 10.2 Å². The lowest BCUT2D eigenvalue weighted by atomic mass is 10.1.